The van der Waals surface area contributed by atoms with Crippen LogP contribution in [0.3, 0.4) is 0 Å². The zero-order valence-electron chi connectivity index (χ0n) is 11.9. The van der Waals surface area contributed by atoms with Gasteiger partial charge in [0.25, 0.3) is 5.91 Å². The Labute approximate surface area is 129 Å². The van der Waals surface area contributed by atoms with E-state index in [0.717, 1.165) is 12.8 Å². The fraction of sp³-hybridized carbons (Fsp3) is 0.400. The molecule has 1 atom stereocenters. The highest BCUT2D eigenvalue weighted by Crippen LogP contribution is 2.27. The van der Waals surface area contributed by atoms with Crippen LogP contribution in [0.25, 0.3) is 0 Å². The molecule has 0 bridgehead atoms. The Kier molecular flexibility index (Phi) is 4.90. The molecule has 1 unspecified atom stereocenters. The Hall–Kier alpha value is -1.95. The minimum absolute atomic E-state index is 0.230. The molecule has 1 aliphatic heterocycles. The van der Waals surface area contributed by atoms with E-state index in [1.165, 1.54) is 4.90 Å². The zero-order chi connectivity index (χ0) is 15.4. The Morgan fingerprint density at radius 2 is 2.00 bits per heavy atom. The minimum atomic E-state index is -0.993. The average Bonchev–Trinajstić information content (AvgIpc) is 2.68. The van der Waals surface area contributed by atoms with Crippen molar-refractivity contribution in [3.8, 4) is 0 Å². The number of anilines is 1. The zero-order valence-corrected chi connectivity index (χ0v) is 12.7. The molecule has 6 heteroatoms. The van der Waals surface area contributed by atoms with Gasteiger partial charge in [-0.3, -0.25) is 14.5 Å². The van der Waals surface area contributed by atoms with Gasteiger partial charge in [0.05, 0.1) is 12.1 Å². The quantitative estimate of drug-likeness (QED) is 0.817. The number of carbonyl (C=O) groups is 2. The number of carboxylic acids is 1. The Morgan fingerprint density at radius 1 is 1.33 bits per heavy atom. The molecule has 1 amide bonds. The lowest BCUT2D eigenvalue weighted by molar-refractivity contribution is -0.139. The van der Waals surface area contributed by atoms with E-state index in [1.54, 1.807) is 17.0 Å². The monoisotopic (exact) mass is 306 g/mol. The SMILES string of the molecule is CCCCN1C(=S)N(c2ccccc2)C(=O)C1CC(=O)O. The lowest BCUT2D eigenvalue weighted by Crippen LogP contribution is -2.37. The van der Waals surface area contributed by atoms with Crippen molar-refractivity contribution >= 4 is 34.9 Å². The van der Waals surface area contributed by atoms with Gasteiger partial charge >= 0.3 is 5.97 Å². The molecule has 0 spiro atoms. The van der Waals surface area contributed by atoms with Crippen molar-refractivity contribution < 1.29 is 14.7 Å². The first kappa shape index (κ1) is 15.4. The van der Waals surface area contributed by atoms with Gasteiger partial charge in [0.2, 0.25) is 0 Å². The van der Waals surface area contributed by atoms with Crippen LogP contribution in [0.4, 0.5) is 5.69 Å². The first-order valence-corrected chi connectivity index (χ1v) is 7.38. The summed E-state index contributed by atoms with van der Waals surface area (Å²) >= 11 is 5.40. The van der Waals surface area contributed by atoms with E-state index in [2.05, 4.69) is 0 Å². The second-order valence-corrected chi connectivity index (χ2v) is 5.32. The third-order valence-corrected chi connectivity index (χ3v) is 3.87. The van der Waals surface area contributed by atoms with Crippen LogP contribution >= 0.6 is 12.2 Å². The third kappa shape index (κ3) is 3.21. The maximum Gasteiger partial charge on any atom is 0.305 e. The number of carboxylic acid groups (broad SMARTS) is 1. The number of para-hydroxylation sites is 1. The first-order valence-electron chi connectivity index (χ1n) is 6.97. The number of hydrogen-bond acceptors (Lipinski definition) is 3. The molecule has 1 aromatic carbocycles. The topological polar surface area (TPSA) is 60.9 Å². The van der Waals surface area contributed by atoms with E-state index in [-0.39, 0.29) is 12.3 Å². The number of amides is 1. The van der Waals surface area contributed by atoms with E-state index in [1.807, 2.05) is 25.1 Å². The lowest BCUT2D eigenvalue weighted by Gasteiger charge is -2.22. The van der Waals surface area contributed by atoms with Crippen LogP contribution in [0, 0.1) is 0 Å². The Balaban J connectivity index is 2.30. The number of rotatable bonds is 6. The van der Waals surface area contributed by atoms with Crippen molar-refractivity contribution in [1.29, 1.82) is 0 Å². The molecule has 0 saturated carbocycles. The van der Waals surface area contributed by atoms with Crippen molar-refractivity contribution in [2.75, 3.05) is 11.4 Å². The van der Waals surface area contributed by atoms with Gasteiger partial charge < -0.3 is 10.0 Å². The van der Waals surface area contributed by atoms with E-state index < -0.39 is 12.0 Å². The molecule has 5 nitrogen and oxygen atoms in total. The van der Waals surface area contributed by atoms with E-state index in [4.69, 9.17) is 17.3 Å². The summed E-state index contributed by atoms with van der Waals surface area (Å²) < 4.78 is 0. The molecule has 1 aliphatic rings. The molecule has 2 rings (SSSR count). The number of nitrogens with zero attached hydrogens (tertiary/aromatic N) is 2. The molecule has 1 aromatic rings. The molecular formula is C15H18N2O3S. The van der Waals surface area contributed by atoms with Crippen LogP contribution in [-0.4, -0.2) is 39.6 Å². The number of aliphatic carboxylic acids is 1. The second-order valence-electron chi connectivity index (χ2n) is 4.95. The Bertz CT molecular complexity index is 547. The van der Waals surface area contributed by atoms with Crippen molar-refractivity contribution in [3.05, 3.63) is 30.3 Å². The molecule has 1 saturated heterocycles. The molecular weight excluding hydrogens is 288 g/mol. The predicted molar refractivity (Wildman–Crippen MR) is 84.2 cm³/mol. The van der Waals surface area contributed by atoms with Crippen molar-refractivity contribution in [2.24, 2.45) is 0 Å². The van der Waals surface area contributed by atoms with Crippen LogP contribution < -0.4 is 4.90 Å². The number of benzene rings is 1. The number of unbranched alkanes of at least 4 members (excludes halogenated alkanes) is 1. The highest BCUT2D eigenvalue weighted by Gasteiger charge is 2.43. The van der Waals surface area contributed by atoms with Crippen LogP contribution in [0.5, 0.6) is 0 Å². The second kappa shape index (κ2) is 6.67. The summed E-state index contributed by atoms with van der Waals surface area (Å²) in [5.74, 6) is -1.25. The highest BCUT2D eigenvalue weighted by molar-refractivity contribution is 7.80. The summed E-state index contributed by atoms with van der Waals surface area (Å²) in [4.78, 5) is 26.8. The summed E-state index contributed by atoms with van der Waals surface area (Å²) in [6.07, 6.45) is 1.59. The van der Waals surface area contributed by atoms with Crippen molar-refractivity contribution in [3.63, 3.8) is 0 Å². The number of thiocarbonyl (C=S) groups is 1. The minimum Gasteiger partial charge on any atom is -0.481 e. The number of carbonyl (C=O) groups excluding carboxylic acids is 1. The van der Waals surface area contributed by atoms with Gasteiger partial charge in [-0.25, -0.2) is 0 Å². The average molecular weight is 306 g/mol. The molecule has 21 heavy (non-hydrogen) atoms. The maximum atomic E-state index is 12.6. The number of hydrogen-bond donors (Lipinski definition) is 1. The molecule has 112 valence electrons. The maximum absolute atomic E-state index is 12.6. The van der Waals surface area contributed by atoms with Gasteiger partial charge in [0.1, 0.15) is 6.04 Å². The molecule has 0 aliphatic carbocycles. The fourth-order valence-electron chi connectivity index (χ4n) is 2.40. The van der Waals surface area contributed by atoms with Crippen LogP contribution in [0.15, 0.2) is 30.3 Å². The van der Waals surface area contributed by atoms with Crippen LogP contribution in [0.2, 0.25) is 0 Å². The van der Waals surface area contributed by atoms with Crippen molar-refractivity contribution in [2.45, 2.75) is 32.2 Å². The normalized spacial score (nSPS) is 18.4. The van der Waals surface area contributed by atoms with Gasteiger partial charge in [-0.1, -0.05) is 31.5 Å². The third-order valence-electron chi connectivity index (χ3n) is 3.45. The largest absolute Gasteiger partial charge is 0.481 e. The molecule has 0 aromatic heterocycles. The van der Waals surface area contributed by atoms with E-state index in [9.17, 15) is 9.59 Å². The predicted octanol–water partition coefficient (Wildman–Crippen LogP) is 2.26. The lowest BCUT2D eigenvalue weighted by atomic mass is 10.1. The summed E-state index contributed by atoms with van der Waals surface area (Å²) in [7, 11) is 0. The molecule has 0 radical (unpaired) electrons. The van der Waals surface area contributed by atoms with Gasteiger partial charge in [-0.05, 0) is 30.8 Å². The molecule has 1 heterocycles. The smallest absolute Gasteiger partial charge is 0.305 e. The van der Waals surface area contributed by atoms with Gasteiger partial charge in [0.15, 0.2) is 5.11 Å². The van der Waals surface area contributed by atoms with E-state index >= 15 is 0 Å². The standard InChI is InChI=1S/C15H18N2O3S/c1-2-3-9-16-12(10-13(18)19)14(20)17(15(16)21)11-7-5-4-6-8-11/h4-8,12H,2-3,9-10H2,1H3,(H,18,19). The van der Waals surface area contributed by atoms with Crippen molar-refractivity contribution in [1.82, 2.24) is 4.90 Å². The molecule has 1 fully saturated rings. The summed E-state index contributed by atoms with van der Waals surface area (Å²) in [5, 5.41) is 9.43. The van der Waals surface area contributed by atoms with Gasteiger partial charge in [-0.15, -0.1) is 0 Å². The van der Waals surface area contributed by atoms with Gasteiger partial charge in [-0.2, -0.15) is 0 Å². The fourth-order valence-corrected chi connectivity index (χ4v) is 2.81. The van der Waals surface area contributed by atoms with Crippen LogP contribution in [-0.2, 0) is 9.59 Å². The highest BCUT2D eigenvalue weighted by atomic mass is 32.1. The van der Waals surface area contributed by atoms with Gasteiger partial charge in [0, 0.05) is 6.54 Å². The first-order chi connectivity index (χ1) is 10.1. The van der Waals surface area contributed by atoms with E-state index in [0.29, 0.717) is 17.3 Å². The molecule has 1 N–H and O–H groups in total. The van der Waals surface area contributed by atoms with Crippen LogP contribution in [0.1, 0.15) is 26.2 Å². The summed E-state index contributed by atoms with van der Waals surface area (Å²) in [5.41, 5.74) is 0.682. The Morgan fingerprint density at radius 3 is 2.57 bits per heavy atom. The summed E-state index contributed by atoms with van der Waals surface area (Å²) in [6, 6.07) is 8.40. The summed E-state index contributed by atoms with van der Waals surface area (Å²) in [6.45, 7) is 2.64.